The van der Waals surface area contributed by atoms with Crippen LogP contribution in [0.1, 0.15) is 22.7 Å². The standard InChI is InChI=1S/C14H11BrClF2N/c1-7-2-3-8(11(17)6-7)14(19)9-4-5-10(15)12(16)13(9)18/h2-6,14H,19H2,1H3. The first-order valence-corrected chi connectivity index (χ1v) is 6.74. The van der Waals surface area contributed by atoms with Gasteiger partial charge in [0.05, 0.1) is 11.1 Å². The predicted molar refractivity (Wildman–Crippen MR) is 76.3 cm³/mol. The monoisotopic (exact) mass is 345 g/mol. The topological polar surface area (TPSA) is 26.0 Å². The lowest BCUT2D eigenvalue weighted by atomic mass is 9.97. The zero-order valence-electron chi connectivity index (χ0n) is 10.1. The molecule has 0 spiro atoms. The van der Waals surface area contributed by atoms with E-state index in [-0.39, 0.29) is 16.1 Å². The normalized spacial score (nSPS) is 12.5. The van der Waals surface area contributed by atoms with Crippen LogP contribution >= 0.6 is 27.5 Å². The second kappa shape index (κ2) is 5.57. The van der Waals surface area contributed by atoms with E-state index in [0.717, 1.165) is 5.56 Å². The SMILES string of the molecule is Cc1ccc(C(N)c2ccc(Br)c(Cl)c2F)c(F)c1. The maximum atomic E-state index is 14.0. The molecule has 0 bridgehead atoms. The molecule has 5 heteroatoms. The van der Waals surface area contributed by atoms with Crippen LogP contribution in [0.3, 0.4) is 0 Å². The molecular weight excluding hydrogens is 336 g/mol. The molecule has 0 aliphatic heterocycles. The summed E-state index contributed by atoms with van der Waals surface area (Å²) in [5.41, 5.74) is 7.12. The van der Waals surface area contributed by atoms with Gasteiger partial charge in [0, 0.05) is 15.6 Å². The molecule has 1 unspecified atom stereocenters. The number of hydrogen-bond donors (Lipinski definition) is 1. The van der Waals surface area contributed by atoms with E-state index in [1.165, 1.54) is 12.1 Å². The van der Waals surface area contributed by atoms with Crippen LogP contribution in [-0.2, 0) is 0 Å². The first kappa shape index (κ1) is 14.4. The molecule has 0 saturated heterocycles. The minimum atomic E-state index is -0.897. The lowest BCUT2D eigenvalue weighted by Gasteiger charge is -2.16. The lowest BCUT2D eigenvalue weighted by Crippen LogP contribution is -2.15. The Balaban J connectivity index is 2.50. The van der Waals surface area contributed by atoms with Crippen molar-refractivity contribution in [3.63, 3.8) is 0 Å². The van der Waals surface area contributed by atoms with Gasteiger partial charge in [-0.05, 0) is 40.5 Å². The zero-order valence-corrected chi connectivity index (χ0v) is 12.4. The maximum Gasteiger partial charge on any atom is 0.148 e. The van der Waals surface area contributed by atoms with Crippen molar-refractivity contribution >= 4 is 27.5 Å². The summed E-state index contributed by atoms with van der Waals surface area (Å²) in [5.74, 6) is -1.09. The van der Waals surface area contributed by atoms with Gasteiger partial charge in [0.25, 0.3) is 0 Å². The van der Waals surface area contributed by atoms with Gasteiger partial charge in [-0.3, -0.25) is 0 Å². The zero-order chi connectivity index (χ0) is 14.2. The number of nitrogens with two attached hydrogens (primary N) is 1. The highest BCUT2D eigenvalue weighted by Gasteiger charge is 2.20. The summed E-state index contributed by atoms with van der Waals surface area (Å²) >= 11 is 8.93. The third kappa shape index (κ3) is 2.81. The van der Waals surface area contributed by atoms with E-state index in [1.54, 1.807) is 25.1 Å². The van der Waals surface area contributed by atoms with Crippen LogP contribution in [0.25, 0.3) is 0 Å². The van der Waals surface area contributed by atoms with Crippen molar-refractivity contribution in [3.05, 3.63) is 68.2 Å². The number of rotatable bonds is 2. The highest BCUT2D eigenvalue weighted by Crippen LogP contribution is 2.32. The summed E-state index contributed by atoms with van der Waals surface area (Å²) in [7, 11) is 0. The van der Waals surface area contributed by atoms with Gasteiger partial charge in [-0.25, -0.2) is 8.78 Å². The van der Waals surface area contributed by atoms with E-state index in [4.69, 9.17) is 17.3 Å². The van der Waals surface area contributed by atoms with Crippen molar-refractivity contribution in [2.75, 3.05) is 0 Å². The molecule has 0 fully saturated rings. The molecular formula is C14H11BrClF2N. The number of hydrogen-bond acceptors (Lipinski definition) is 1. The van der Waals surface area contributed by atoms with Crippen molar-refractivity contribution in [3.8, 4) is 0 Å². The molecule has 19 heavy (non-hydrogen) atoms. The molecule has 100 valence electrons. The van der Waals surface area contributed by atoms with E-state index in [9.17, 15) is 8.78 Å². The third-order valence-electron chi connectivity index (χ3n) is 2.89. The highest BCUT2D eigenvalue weighted by atomic mass is 79.9. The van der Waals surface area contributed by atoms with Crippen molar-refractivity contribution < 1.29 is 8.78 Å². The lowest BCUT2D eigenvalue weighted by molar-refractivity contribution is 0.575. The molecule has 1 atom stereocenters. The molecule has 0 amide bonds. The van der Waals surface area contributed by atoms with Crippen LogP contribution in [-0.4, -0.2) is 0 Å². The Morgan fingerprint density at radius 3 is 2.42 bits per heavy atom. The molecule has 0 aliphatic rings. The first-order valence-electron chi connectivity index (χ1n) is 5.57. The second-order valence-corrected chi connectivity index (χ2v) is 5.50. The van der Waals surface area contributed by atoms with Crippen molar-refractivity contribution in [2.45, 2.75) is 13.0 Å². The summed E-state index contributed by atoms with van der Waals surface area (Å²) in [6, 6.07) is 6.85. The van der Waals surface area contributed by atoms with Crippen LogP contribution in [0.15, 0.2) is 34.8 Å². The Morgan fingerprint density at radius 1 is 1.16 bits per heavy atom. The van der Waals surface area contributed by atoms with Gasteiger partial charge in [0.1, 0.15) is 11.6 Å². The van der Waals surface area contributed by atoms with Gasteiger partial charge in [-0.2, -0.15) is 0 Å². The van der Waals surface area contributed by atoms with Crippen LogP contribution < -0.4 is 5.73 Å². The van der Waals surface area contributed by atoms with E-state index >= 15 is 0 Å². The van der Waals surface area contributed by atoms with Crippen LogP contribution in [0, 0.1) is 18.6 Å². The van der Waals surface area contributed by atoms with Gasteiger partial charge < -0.3 is 5.73 Å². The van der Waals surface area contributed by atoms with E-state index < -0.39 is 17.7 Å². The largest absolute Gasteiger partial charge is 0.320 e. The molecule has 2 aromatic rings. The minimum absolute atomic E-state index is 0.0551. The van der Waals surface area contributed by atoms with Gasteiger partial charge in [-0.1, -0.05) is 29.8 Å². The maximum absolute atomic E-state index is 14.0. The third-order valence-corrected chi connectivity index (χ3v) is 4.15. The Bertz CT molecular complexity index is 631. The molecule has 0 radical (unpaired) electrons. The first-order chi connectivity index (χ1) is 8.91. The molecule has 0 aliphatic carbocycles. The highest BCUT2D eigenvalue weighted by molar-refractivity contribution is 9.10. The van der Waals surface area contributed by atoms with Crippen LogP contribution in [0.2, 0.25) is 5.02 Å². The van der Waals surface area contributed by atoms with Crippen molar-refractivity contribution in [2.24, 2.45) is 5.73 Å². The molecule has 0 saturated carbocycles. The summed E-state index contributed by atoms with van der Waals surface area (Å²) in [5, 5.41) is -0.0551. The predicted octanol–water partition coefficient (Wildman–Crippen LogP) is 4.74. The quantitative estimate of drug-likeness (QED) is 0.781. The summed E-state index contributed by atoms with van der Waals surface area (Å²) in [6.45, 7) is 1.77. The van der Waals surface area contributed by atoms with E-state index in [1.807, 2.05) is 0 Å². The second-order valence-electron chi connectivity index (χ2n) is 4.27. The van der Waals surface area contributed by atoms with E-state index in [0.29, 0.717) is 4.47 Å². The van der Waals surface area contributed by atoms with Crippen molar-refractivity contribution in [1.29, 1.82) is 0 Å². The Morgan fingerprint density at radius 2 is 1.79 bits per heavy atom. The van der Waals surface area contributed by atoms with Gasteiger partial charge in [0.2, 0.25) is 0 Å². The molecule has 2 aromatic carbocycles. The molecule has 1 nitrogen and oxygen atoms in total. The molecule has 0 heterocycles. The molecule has 2 rings (SSSR count). The number of halogens is 4. The number of benzene rings is 2. The van der Waals surface area contributed by atoms with Gasteiger partial charge in [0.15, 0.2) is 0 Å². The van der Waals surface area contributed by atoms with Crippen LogP contribution in [0.4, 0.5) is 8.78 Å². The Kier molecular flexibility index (Phi) is 4.23. The number of aryl methyl sites for hydroxylation is 1. The molecule has 0 aromatic heterocycles. The van der Waals surface area contributed by atoms with E-state index in [2.05, 4.69) is 15.9 Å². The summed E-state index contributed by atoms with van der Waals surface area (Å²) in [4.78, 5) is 0. The van der Waals surface area contributed by atoms with Gasteiger partial charge in [-0.15, -0.1) is 0 Å². The van der Waals surface area contributed by atoms with Gasteiger partial charge >= 0.3 is 0 Å². The summed E-state index contributed by atoms with van der Waals surface area (Å²) < 4.78 is 28.3. The molecule has 2 N–H and O–H groups in total. The minimum Gasteiger partial charge on any atom is -0.320 e. The Labute approximate surface area is 123 Å². The average molecular weight is 347 g/mol. The smallest absolute Gasteiger partial charge is 0.148 e. The fraction of sp³-hybridized carbons (Fsp3) is 0.143. The van der Waals surface area contributed by atoms with Crippen LogP contribution in [0.5, 0.6) is 0 Å². The Hall–Kier alpha value is -0.970. The fourth-order valence-electron chi connectivity index (χ4n) is 1.83. The van der Waals surface area contributed by atoms with Crippen molar-refractivity contribution in [1.82, 2.24) is 0 Å². The fourth-order valence-corrected chi connectivity index (χ4v) is 2.31. The average Bonchev–Trinajstić information content (AvgIpc) is 2.35. The summed E-state index contributed by atoms with van der Waals surface area (Å²) in [6.07, 6.45) is 0.